The summed E-state index contributed by atoms with van der Waals surface area (Å²) >= 11 is 6.00. The number of hydrogen-bond donors (Lipinski definition) is 0. The van der Waals surface area contributed by atoms with Gasteiger partial charge in [-0.15, -0.1) is 0 Å². The average molecular weight is 514 g/mol. The van der Waals surface area contributed by atoms with Crippen LogP contribution in [0.15, 0.2) is 5.16 Å². The number of hydrogen-bond acceptors (Lipinski definition) is 9. The maximum Gasteiger partial charge on any atom is 0.410 e. The van der Waals surface area contributed by atoms with Crippen molar-refractivity contribution in [1.29, 1.82) is 0 Å². The van der Waals surface area contributed by atoms with E-state index in [0.717, 1.165) is 25.5 Å². The van der Waals surface area contributed by atoms with Gasteiger partial charge in [0.1, 0.15) is 22.8 Å². The van der Waals surface area contributed by atoms with E-state index in [-0.39, 0.29) is 46.8 Å². The van der Waals surface area contributed by atoms with Crippen LogP contribution in [-0.4, -0.2) is 78.0 Å². The lowest BCUT2D eigenvalue weighted by atomic mass is 9.98. The molecule has 2 fully saturated rings. The molecule has 2 aromatic heterocycles. The van der Waals surface area contributed by atoms with Gasteiger partial charge < -0.3 is 14.4 Å². The smallest absolute Gasteiger partial charge is 0.410 e. The number of ether oxygens (including phenoxy) is 2. The van der Waals surface area contributed by atoms with E-state index in [4.69, 9.17) is 21.1 Å². The number of rotatable bonds is 4. The molecule has 2 bridgehead atoms. The third-order valence-electron chi connectivity index (χ3n) is 6.70. The first-order valence-electron chi connectivity index (χ1n) is 11.3. The number of aromatic nitrogens is 3. The molecule has 34 heavy (non-hydrogen) atoms. The second-order valence-corrected chi connectivity index (χ2v) is 11.3. The van der Waals surface area contributed by atoms with Crippen LogP contribution in [0.25, 0.3) is 10.9 Å². The fraction of sp³-hybridized carbons (Fsp3) is 0.619. The van der Waals surface area contributed by atoms with E-state index >= 15 is 0 Å². The Hall–Kier alpha value is -2.47. The van der Waals surface area contributed by atoms with Crippen LogP contribution in [0.1, 0.15) is 39.5 Å². The molecule has 0 N–H and O–H groups in total. The number of nitrogens with zero attached hydrogens (tertiary/aromatic N) is 5. The van der Waals surface area contributed by atoms with E-state index in [1.807, 2.05) is 18.7 Å². The summed E-state index contributed by atoms with van der Waals surface area (Å²) in [5.41, 5.74) is -0.262. The molecule has 0 radical (unpaired) electrons. The summed E-state index contributed by atoms with van der Waals surface area (Å²) in [6.07, 6.45) is 3.26. The number of carbonyl (C=O) groups is 1. The molecule has 2 aromatic rings. The van der Waals surface area contributed by atoms with Gasteiger partial charge in [-0.3, -0.25) is 4.90 Å². The number of pyridine rings is 1. The van der Waals surface area contributed by atoms with Gasteiger partial charge in [0, 0.05) is 12.8 Å². The van der Waals surface area contributed by atoms with Crippen LogP contribution in [0.2, 0.25) is 5.15 Å². The molecule has 0 unspecified atom stereocenters. The van der Waals surface area contributed by atoms with Crippen LogP contribution in [0.5, 0.6) is 5.88 Å². The van der Waals surface area contributed by atoms with Crippen molar-refractivity contribution >= 4 is 44.3 Å². The number of carbonyl (C=O) groups excluding carboxylic acids is 1. The normalized spacial score (nSPS) is 25.7. The molecule has 0 aliphatic carbocycles. The van der Waals surface area contributed by atoms with Gasteiger partial charge in [-0.2, -0.15) is 4.98 Å². The standard InChI is InChI=1S/C21H25ClFN5O5S/c1-4-5-8-32-21(29)28-11-6-7-12(28)16-10(2)33-19-13-15(14(23)17(22)25-19)24-20(34(3,30)31)26-18(13)27(16)9-11/h10-12,16H,4-9H2,1-3H3/t10-,11+,12-,16+/m0/s1. The van der Waals surface area contributed by atoms with E-state index in [1.165, 1.54) is 0 Å². The predicted molar refractivity (Wildman–Crippen MR) is 122 cm³/mol. The van der Waals surface area contributed by atoms with E-state index < -0.39 is 32.1 Å². The SMILES string of the molecule is CCCCOC(=O)N1[C@@H]2CC[C@H]1[C@H]1[C@H](C)Oc3nc(Cl)c(F)c4nc(S(C)(=O)=O)nc(c34)N1C2. The molecular weight excluding hydrogens is 489 g/mol. The second kappa shape index (κ2) is 8.33. The Morgan fingerprint density at radius 3 is 2.76 bits per heavy atom. The van der Waals surface area contributed by atoms with Crippen LogP contribution in [0.3, 0.4) is 0 Å². The van der Waals surface area contributed by atoms with Crippen molar-refractivity contribution in [2.24, 2.45) is 0 Å². The largest absolute Gasteiger partial charge is 0.472 e. The molecule has 0 spiro atoms. The number of piperazine rings is 1. The summed E-state index contributed by atoms with van der Waals surface area (Å²) in [5, 5.41) is -0.812. The van der Waals surface area contributed by atoms with Crippen molar-refractivity contribution in [3.63, 3.8) is 0 Å². The zero-order valence-corrected chi connectivity index (χ0v) is 20.6. The molecule has 0 saturated carbocycles. The summed E-state index contributed by atoms with van der Waals surface area (Å²) in [7, 11) is -3.86. The molecule has 2 saturated heterocycles. The van der Waals surface area contributed by atoms with Crippen LogP contribution >= 0.6 is 11.6 Å². The molecule has 5 heterocycles. The third kappa shape index (κ3) is 3.62. The number of fused-ring (bicyclic) bond motifs is 5. The second-order valence-electron chi connectivity index (χ2n) is 8.99. The summed E-state index contributed by atoms with van der Waals surface area (Å²) in [4.78, 5) is 29.0. The first kappa shape index (κ1) is 23.3. The Morgan fingerprint density at radius 2 is 2.06 bits per heavy atom. The van der Waals surface area contributed by atoms with E-state index in [2.05, 4.69) is 15.0 Å². The van der Waals surface area contributed by atoms with Gasteiger partial charge in [-0.1, -0.05) is 24.9 Å². The molecule has 4 atom stereocenters. The lowest BCUT2D eigenvalue weighted by Gasteiger charge is -2.47. The lowest BCUT2D eigenvalue weighted by molar-refractivity contribution is 0.0494. The van der Waals surface area contributed by atoms with Crippen LogP contribution in [-0.2, 0) is 14.6 Å². The average Bonchev–Trinajstić information content (AvgIpc) is 3.02. The molecule has 5 rings (SSSR count). The van der Waals surface area contributed by atoms with Gasteiger partial charge in [0.2, 0.25) is 20.9 Å². The molecule has 0 aromatic carbocycles. The van der Waals surface area contributed by atoms with Gasteiger partial charge in [-0.05, 0) is 26.2 Å². The zero-order chi connectivity index (χ0) is 24.4. The van der Waals surface area contributed by atoms with Gasteiger partial charge in [-0.25, -0.2) is 27.6 Å². The minimum atomic E-state index is -3.86. The summed E-state index contributed by atoms with van der Waals surface area (Å²) in [6.45, 7) is 4.56. The molecular formula is C21H25ClFN5O5S. The monoisotopic (exact) mass is 513 g/mol. The van der Waals surface area contributed by atoms with E-state index in [1.54, 1.807) is 4.90 Å². The molecule has 3 aliphatic heterocycles. The Bertz CT molecular complexity index is 1280. The summed E-state index contributed by atoms with van der Waals surface area (Å²) < 4.78 is 51.3. The molecule has 13 heteroatoms. The predicted octanol–water partition coefficient (Wildman–Crippen LogP) is 2.96. The third-order valence-corrected chi connectivity index (χ3v) is 7.79. The highest BCUT2D eigenvalue weighted by Gasteiger charge is 2.53. The van der Waals surface area contributed by atoms with Crippen molar-refractivity contribution < 1.29 is 27.1 Å². The Kier molecular flexibility index (Phi) is 5.70. The van der Waals surface area contributed by atoms with Crippen molar-refractivity contribution in [2.45, 2.75) is 68.9 Å². The summed E-state index contributed by atoms with van der Waals surface area (Å²) in [5.74, 6) is -0.690. The number of anilines is 1. The number of amides is 1. The fourth-order valence-electron chi connectivity index (χ4n) is 5.22. The Morgan fingerprint density at radius 1 is 1.29 bits per heavy atom. The van der Waals surface area contributed by atoms with Gasteiger partial charge in [0.25, 0.3) is 0 Å². The minimum absolute atomic E-state index is 0.0336. The first-order chi connectivity index (χ1) is 16.1. The van der Waals surface area contributed by atoms with Crippen LogP contribution in [0.4, 0.5) is 15.0 Å². The van der Waals surface area contributed by atoms with Crippen LogP contribution < -0.4 is 9.64 Å². The topological polar surface area (TPSA) is 115 Å². The van der Waals surface area contributed by atoms with Crippen molar-refractivity contribution in [3.05, 3.63) is 11.0 Å². The van der Waals surface area contributed by atoms with Gasteiger partial charge >= 0.3 is 6.09 Å². The van der Waals surface area contributed by atoms with E-state index in [9.17, 15) is 17.6 Å². The van der Waals surface area contributed by atoms with Gasteiger partial charge in [0.15, 0.2) is 11.0 Å². The molecule has 184 valence electrons. The number of unbranched alkanes of at least 4 members (excludes halogenated alkanes) is 1. The Labute approximate surface area is 201 Å². The lowest BCUT2D eigenvalue weighted by Crippen LogP contribution is -2.65. The molecule has 3 aliphatic rings. The number of halogens is 2. The maximum absolute atomic E-state index is 15.0. The van der Waals surface area contributed by atoms with Gasteiger partial charge in [0.05, 0.1) is 24.7 Å². The quantitative estimate of drug-likeness (QED) is 0.345. The summed E-state index contributed by atoms with van der Waals surface area (Å²) in [6, 6.07) is -0.816. The molecule has 1 amide bonds. The minimum Gasteiger partial charge on any atom is -0.472 e. The number of sulfone groups is 1. The van der Waals surface area contributed by atoms with Crippen molar-refractivity contribution in [3.8, 4) is 5.88 Å². The molecule has 10 nitrogen and oxygen atoms in total. The zero-order valence-electron chi connectivity index (χ0n) is 19.0. The highest BCUT2D eigenvalue weighted by molar-refractivity contribution is 7.90. The first-order valence-corrected chi connectivity index (χ1v) is 13.5. The fourth-order valence-corrected chi connectivity index (χ4v) is 5.90. The van der Waals surface area contributed by atoms with Crippen molar-refractivity contribution in [2.75, 3.05) is 24.3 Å². The maximum atomic E-state index is 15.0. The van der Waals surface area contributed by atoms with E-state index in [0.29, 0.717) is 19.6 Å². The van der Waals surface area contributed by atoms with Crippen LogP contribution in [0, 0.1) is 5.82 Å². The van der Waals surface area contributed by atoms with Crippen molar-refractivity contribution in [1.82, 2.24) is 19.9 Å². The highest BCUT2D eigenvalue weighted by Crippen LogP contribution is 2.45. The highest BCUT2D eigenvalue weighted by atomic mass is 35.5. The Balaban J connectivity index is 1.64.